The standard InChI is InChI=1S/C9H9FO2.C2H4O2/c10-8-4-2-1-3-7(8)5-6-9(11)12;1-2(3)4/h1-4H,5-6H2,(H,11,12);1H3,(H,3,4). The van der Waals surface area contributed by atoms with Crippen molar-refractivity contribution in [2.45, 2.75) is 19.8 Å². The number of hydrogen-bond acceptors (Lipinski definition) is 2. The predicted octanol–water partition coefficient (Wildman–Crippen LogP) is 1.93. The number of carbonyl (C=O) groups is 2. The molecule has 0 aromatic heterocycles. The van der Waals surface area contributed by atoms with Crippen LogP contribution in [0.5, 0.6) is 0 Å². The average molecular weight is 228 g/mol. The van der Waals surface area contributed by atoms with Crippen molar-refractivity contribution in [1.29, 1.82) is 0 Å². The number of halogens is 1. The van der Waals surface area contributed by atoms with Crippen LogP contribution in [0.25, 0.3) is 0 Å². The van der Waals surface area contributed by atoms with Crippen molar-refractivity contribution in [3.05, 3.63) is 35.6 Å². The molecule has 0 atom stereocenters. The molecule has 1 rings (SSSR count). The van der Waals surface area contributed by atoms with Crippen LogP contribution in [0, 0.1) is 5.82 Å². The van der Waals surface area contributed by atoms with Crippen LogP contribution < -0.4 is 0 Å². The number of aliphatic carboxylic acids is 2. The van der Waals surface area contributed by atoms with Gasteiger partial charge in [0, 0.05) is 13.3 Å². The van der Waals surface area contributed by atoms with E-state index in [0.717, 1.165) is 6.92 Å². The van der Waals surface area contributed by atoms with E-state index in [0.29, 0.717) is 5.56 Å². The van der Waals surface area contributed by atoms with E-state index in [1.54, 1.807) is 18.2 Å². The summed E-state index contributed by atoms with van der Waals surface area (Å²) in [6.45, 7) is 1.08. The van der Waals surface area contributed by atoms with Crippen LogP contribution >= 0.6 is 0 Å². The number of carboxylic acid groups (broad SMARTS) is 2. The second-order valence-corrected chi connectivity index (χ2v) is 3.00. The van der Waals surface area contributed by atoms with E-state index < -0.39 is 11.9 Å². The van der Waals surface area contributed by atoms with Crippen molar-refractivity contribution in [3.8, 4) is 0 Å². The van der Waals surface area contributed by atoms with Crippen molar-refractivity contribution in [2.24, 2.45) is 0 Å². The fraction of sp³-hybridized carbons (Fsp3) is 0.273. The molecule has 0 spiro atoms. The van der Waals surface area contributed by atoms with Gasteiger partial charge >= 0.3 is 5.97 Å². The lowest BCUT2D eigenvalue weighted by atomic mass is 10.1. The summed E-state index contributed by atoms with van der Waals surface area (Å²) in [7, 11) is 0. The van der Waals surface area contributed by atoms with Gasteiger partial charge in [-0.2, -0.15) is 0 Å². The van der Waals surface area contributed by atoms with Crippen LogP contribution in [-0.2, 0) is 16.0 Å². The maximum Gasteiger partial charge on any atom is 0.303 e. The first kappa shape index (κ1) is 14.1. The van der Waals surface area contributed by atoms with Gasteiger partial charge in [-0.05, 0) is 18.1 Å². The van der Waals surface area contributed by atoms with Gasteiger partial charge in [0.05, 0.1) is 0 Å². The predicted molar refractivity (Wildman–Crippen MR) is 55.7 cm³/mol. The van der Waals surface area contributed by atoms with Crippen LogP contribution in [-0.4, -0.2) is 22.2 Å². The first-order valence-electron chi connectivity index (χ1n) is 4.58. The van der Waals surface area contributed by atoms with Crippen LogP contribution in [0.15, 0.2) is 24.3 Å². The van der Waals surface area contributed by atoms with Gasteiger partial charge in [-0.15, -0.1) is 0 Å². The molecule has 2 N–H and O–H groups in total. The molecule has 0 amide bonds. The lowest BCUT2D eigenvalue weighted by Gasteiger charge is -1.98. The Hall–Kier alpha value is -1.91. The molecule has 1 aromatic carbocycles. The first-order chi connectivity index (χ1) is 7.43. The molecule has 0 bridgehead atoms. The molecular weight excluding hydrogens is 215 g/mol. The quantitative estimate of drug-likeness (QED) is 0.828. The Morgan fingerprint density at radius 3 is 2.19 bits per heavy atom. The number of aryl methyl sites for hydroxylation is 1. The lowest BCUT2D eigenvalue weighted by molar-refractivity contribution is -0.137. The highest BCUT2D eigenvalue weighted by Crippen LogP contribution is 2.08. The topological polar surface area (TPSA) is 74.6 Å². The zero-order chi connectivity index (χ0) is 12.6. The molecule has 0 aliphatic rings. The van der Waals surface area contributed by atoms with Crippen molar-refractivity contribution in [1.82, 2.24) is 0 Å². The third-order valence-corrected chi connectivity index (χ3v) is 1.57. The Labute approximate surface area is 92.3 Å². The van der Waals surface area contributed by atoms with Crippen molar-refractivity contribution in [2.75, 3.05) is 0 Å². The average Bonchev–Trinajstić information content (AvgIpc) is 2.15. The number of hydrogen-bond donors (Lipinski definition) is 2. The van der Waals surface area contributed by atoms with Gasteiger partial charge in [-0.25, -0.2) is 4.39 Å². The van der Waals surface area contributed by atoms with E-state index in [1.165, 1.54) is 6.07 Å². The molecule has 1 aromatic rings. The molecular formula is C11H13FO4. The van der Waals surface area contributed by atoms with Crippen molar-refractivity contribution in [3.63, 3.8) is 0 Å². The van der Waals surface area contributed by atoms with Gasteiger partial charge in [-0.3, -0.25) is 9.59 Å². The second-order valence-electron chi connectivity index (χ2n) is 3.00. The van der Waals surface area contributed by atoms with E-state index >= 15 is 0 Å². The van der Waals surface area contributed by atoms with Gasteiger partial charge in [-0.1, -0.05) is 18.2 Å². The molecule has 16 heavy (non-hydrogen) atoms. The zero-order valence-corrected chi connectivity index (χ0v) is 8.81. The van der Waals surface area contributed by atoms with Gasteiger partial charge in [0.1, 0.15) is 5.82 Å². The van der Waals surface area contributed by atoms with E-state index in [2.05, 4.69) is 0 Å². The Bertz CT molecular complexity index is 359. The molecule has 0 unspecified atom stereocenters. The van der Waals surface area contributed by atoms with Gasteiger partial charge in [0.25, 0.3) is 5.97 Å². The van der Waals surface area contributed by atoms with Crippen molar-refractivity contribution < 1.29 is 24.2 Å². The fourth-order valence-corrected chi connectivity index (χ4v) is 0.943. The summed E-state index contributed by atoms with van der Waals surface area (Å²) in [5.74, 6) is -2.07. The number of carboxylic acids is 2. The summed E-state index contributed by atoms with van der Waals surface area (Å²) in [6.07, 6.45) is 0.225. The van der Waals surface area contributed by atoms with E-state index in [4.69, 9.17) is 15.0 Å². The molecule has 4 nitrogen and oxygen atoms in total. The smallest absolute Gasteiger partial charge is 0.303 e. The Morgan fingerprint density at radius 1 is 1.25 bits per heavy atom. The monoisotopic (exact) mass is 228 g/mol. The Kier molecular flexibility index (Phi) is 6.51. The van der Waals surface area contributed by atoms with Crippen LogP contribution in [0.1, 0.15) is 18.9 Å². The third kappa shape index (κ3) is 7.49. The molecule has 0 heterocycles. The van der Waals surface area contributed by atoms with Gasteiger partial charge in [0.2, 0.25) is 0 Å². The van der Waals surface area contributed by atoms with Crippen LogP contribution in [0.4, 0.5) is 4.39 Å². The summed E-state index contributed by atoms with van der Waals surface area (Å²) in [5.41, 5.74) is 0.458. The minimum absolute atomic E-state index is 0.0269. The highest BCUT2D eigenvalue weighted by atomic mass is 19.1. The molecule has 0 aliphatic carbocycles. The fourth-order valence-electron chi connectivity index (χ4n) is 0.943. The van der Waals surface area contributed by atoms with E-state index in [1.807, 2.05) is 0 Å². The maximum absolute atomic E-state index is 12.8. The SMILES string of the molecule is CC(=O)O.O=C(O)CCc1ccccc1F. The zero-order valence-electron chi connectivity index (χ0n) is 8.81. The molecule has 0 fully saturated rings. The van der Waals surface area contributed by atoms with E-state index in [9.17, 15) is 9.18 Å². The number of rotatable bonds is 3. The minimum Gasteiger partial charge on any atom is -0.481 e. The van der Waals surface area contributed by atoms with Gasteiger partial charge in [0.15, 0.2) is 0 Å². The maximum atomic E-state index is 12.8. The Morgan fingerprint density at radius 2 is 1.75 bits per heavy atom. The highest BCUT2D eigenvalue weighted by molar-refractivity contribution is 5.67. The summed E-state index contributed by atoms with van der Waals surface area (Å²) in [4.78, 5) is 19.2. The third-order valence-electron chi connectivity index (χ3n) is 1.57. The Balaban J connectivity index is 0.000000487. The van der Waals surface area contributed by atoms with Crippen LogP contribution in [0.3, 0.4) is 0 Å². The second kappa shape index (κ2) is 7.39. The lowest BCUT2D eigenvalue weighted by Crippen LogP contribution is -1.98. The number of benzene rings is 1. The largest absolute Gasteiger partial charge is 0.481 e. The summed E-state index contributed by atoms with van der Waals surface area (Å²) < 4.78 is 12.8. The van der Waals surface area contributed by atoms with Crippen LogP contribution in [0.2, 0.25) is 0 Å². The van der Waals surface area contributed by atoms with Crippen molar-refractivity contribution >= 4 is 11.9 Å². The molecule has 88 valence electrons. The van der Waals surface area contributed by atoms with E-state index in [-0.39, 0.29) is 18.7 Å². The van der Waals surface area contributed by atoms with Gasteiger partial charge < -0.3 is 10.2 Å². The molecule has 5 heteroatoms. The molecule has 0 aliphatic heterocycles. The minimum atomic E-state index is -0.904. The highest BCUT2D eigenvalue weighted by Gasteiger charge is 2.02. The summed E-state index contributed by atoms with van der Waals surface area (Å²) in [5, 5.41) is 15.8. The molecule has 0 saturated carbocycles. The molecule has 0 radical (unpaired) electrons. The first-order valence-corrected chi connectivity index (χ1v) is 4.58. The summed E-state index contributed by atoms with van der Waals surface area (Å²) >= 11 is 0. The normalized spacial score (nSPS) is 8.88. The molecule has 0 saturated heterocycles. The summed E-state index contributed by atoms with van der Waals surface area (Å²) in [6, 6.07) is 6.20.